The van der Waals surface area contributed by atoms with Crippen LogP contribution in [0.3, 0.4) is 0 Å². The fourth-order valence-electron chi connectivity index (χ4n) is 4.73. The summed E-state index contributed by atoms with van der Waals surface area (Å²) in [6.45, 7) is 4.02. The van der Waals surface area contributed by atoms with Crippen molar-refractivity contribution in [2.75, 3.05) is 7.11 Å². The van der Waals surface area contributed by atoms with Crippen molar-refractivity contribution in [3.63, 3.8) is 0 Å². The van der Waals surface area contributed by atoms with E-state index in [0.29, 0.717) is 18.8 Å². The Balaban J connectivity index is 1.77. The smallest absolute Gasteiger partial charge is 0.328 e. The van der Waals surface area contributed by atoms with Crippen LogP contribution in [0.2, 0.25) is 0 Å². The molecule has 0 aliphatic carbocycles. The van der Waals surface area contributed by atoms with Crippen LogP contribution in [0.15, 0.2) is 36.5 Å². The number of carbonyl (C=O) groups excluding carboxylic acids is 2. The molecule has 1 aliphatic heterocycles. The Kier molecular flexibility index (Phi) is 8.85. The van der Waals surface area contributed by atoms with E-state index in [-0.39, 0.29) is 35.0 Å². The van der Waals surface area contributed by atoms with Crippen molar-refractivity contribution in [1.29, 1.82) is 0 Å². The fraction of sp³-hybridized carbons (Fsp3) is 0.500. The number of halogens is 1. The van der Waals surface area contributed by atoms with Crippen LogP contribution in [0, 0.1) is 17.7 Å². The van der Waals surface area contributed by atoms with Crippen LogP contribution in [0.1, 0.15) is 62.0 Å². The minimum atomic E-state index is -0.853. The number of cyclic esters (lactones) is 1. The van der Waals surface area contributed by atoms with Crippen molar-refractivity contribution in [3.8, 4) is 11.5 Å². The van der Waals surface area contributed by atoms with Gasteiger partial charge in [0.05, 0.1) is 7.11 Å². The number of nitrogens with zero attached hydrogens (tertiary/aromatic N) is 1. The van der Waals surface area contributed by atoms with Crippen LogP contribution in [0.5, 0.6) is 11.5 Å². The number of aromatic hydroxyl groups is 1. The Morgan fingerprint density at radius 1 is 1.26 bits per heavy atom. The summed E-state index contributed by atoms with van der Waals surface area (Å²) in [4.78, 5) is 29.7. The normalized spacial score (nSPS) is 23.2. The maximum atomic E-state index is 13.4. The zero-order valence-corrected chi connectivity index (χ0v) is 19.9. The first-order chi connectivity index (χ1) is 16.3. The van der Waals surface area contributed by atoms with Crippen molar-refractivity contribution in [3.05, 3.63) is 53.6 Å². The SMILES string of the molecule is CCCC1CCCC(NC(=O)c2nccc(OC)c2O)C(=O)OC(C)C1Cc1ccc(F)cc1. The van der Waals surface area contributed by atoms with Crippen molar-refractivity contribution < 1.29 is 28.6 Å². The molecule has 1 aliphatic rings. The van der Waals surface area contributed by atoms with E-state index in [4.69, 9.17) is 9.47 Å². The molecular weight excluding hydrogens is 439 g/mol. The Bertz CT molecular complexity index is 982. The maximum Gasteiger partial charge on any atom is 0.328 e. The lowest BCUT2D eigenvalue weighted by atomic mass is 9.78. The molecule has 0 saturated carbocycles. The Morgan fingerprint density at radius 2 is 2.00 bits per heavy atom. The van der Waals surface area contributed by atoms with E-state index in [1.54, 1.807) is 12.1 Å². The molecule has 4 atom stereocenters. The second kappa shape index (κ2) is 11.8. The Hall–Kier alpha value is -3.16. The highest BCUT2D eigenvalue weighted by atomic mass is 19.1. The summed E-state index contributed by atoms with van der Waals surface area (Å²) >= 11 is 0. The molecule has 0 spiro atoms. The van der Waals surface area contributed by atoms with Gasteiger partial charge in [-0.05, 0) is 49.8 Å². The molecule has 34 heavy (non-hydrogen) atoms. The van der Waals surface area contributed by atoms with Gasteiger partial charge >= 0.3 is 5.97 Å². The molecular formula is C26H33FN2O5. The molecule has 1 fully saturated rings. The van der Waals surface area contributed by atoms with Gasteiger partial charge in [0.2, 0.25) is 0 Å². The lowest BCUT2D eigenvalue weighted by Gasteiger charge is -2.31. The summed E-state index contributed by atoms with van der Waals surface area (Å²) in [5, 5.41) is 12.9. The predicted molar refractivity (Wildman–Crippen MR) is 125 cm³/mol. The molecule has 2 heterocycles. The Morgan fingerprint density at radius 3 is 2.68 bits per heavy atom. The van der Waals surface area contributed by atoms with Gasteiger partial charge in [-0.2, -0.15) is 0 Å². The lowest BCUT2D eigenvalue weighted by Crippen LogP contribution is -2.43. The molecule has 1 saturated heterocycles. The van der Waals surface area contributed by atoms with Gasteiger partial charge in [-0.15, -0.1) is 0 Å². The highest BCUT2D eigenvalue weighted by Crippen LogP contribution is 2.33. The average Bonchev–Trinajstić information content (AvgIpc) is 2.86. The van der Waals surface area contributed by atoms with Gasteiger partial charge in [0, 0.05) is 18.2 Å². The number of hydrogen-bond acceptors (Lipinski definition) is 6. The number of pyridine rings is 1. The van der Waals surface area contributed by atoms with Crippen molar-refractivity contribution in [1.82, 2.24) is 10.3 Å². The maximum absolute atomic E-state index is 13.4. The number of hydrogen-bond donors (Lipinski definition) is 2. The second-order valence-corrected chi connectivity index (χ2v) is 8.85. The van der Waals surface area contributed by atoms with E-state index in [0.717, 1.165) is 31.2 Å². The summed E-state index contributed by atoms with van der Waals surface area (Å²) in [5.74, 6) is -1.31. The van der Waals surface area contributed by atoms with Crippen molar-refractivity contribution in [2.24, 2.45) is 11.8 Å². The third kappa shape index (κ3) is 6.24. The number of carbonyl (C=O) groups is 2. The van der Waals surface area contributed by atoms with E-state index in [9.17, 15) is 19.1 Å². The highest BCUT2D eigenvalue weighted by molar-refractivity contribution is 5.97. The van der Waals surface area contributed by atoms with E-state index in [1.807, 2.05) is 6.92 Å². The molecule has 2 aromatic rings. The molecule has 0 bridgehead atoms. The zero-order chi connectivity index (χ0) is 24.7. The van der Waals surface area contributed by atoms with Gasteiger partial charge in [-0.1, -0.05) is 38.3 Å². The van der Waals surface area contributed by atoms with Crippen LogP contribution in [-0.4, -0.2) is 41.2 Å². The minimum absolute atomic E-state index is 0.0768. The predicted octanol–water partition coefficient (Wildman–Crippen LogP) is 4.42. The molecule has 184 valence electrons. The number of benzene rings is 1. The van der Waals surface area contributed by atoms with Gasteiger partial charge in [-0.25, -0.2) is 14.2 Å². The molecule has 8 heteroatoms. The van der Waals surface area contributed by atoms with Crippen LogP contribution in [0.4, 0.5) is 4.39 Å². The molecule has 1 aromatic heterocycles. The fourth-order valence-corrected chi connectivity index (χ4v) is 4.73. The standard InChI is InChI=1S/C26H33FN2O5/c1-4-6-18-7-5-8-21(29-25(31)23-24(30)22(33-3)13-14-28-23)26(32)34-16(2)20(18)15-17-9-11-19(27)12-10-17/h9-14,16,18,20-21,30H,4-8,15H2,1-3H3,(H,29,31). The number of rotatable bonds is 7. The summed E-state index contributed by atoms with van der Waals surface area (Å²) in [6.07, 6.45) is 5.69. The third-order valence-electron chi connectivity index (χ3n) is 6.53. The summed E-state index contributed by atoms with van der Waals surface area (Å²) < 4.78 is 24.2. The molecule has 1 aromatic carbocycles. The number of aromatic nitrogens is 1. The number of nitrogens with one attached hydrogen (secondary N) is 1. The quantitative estimate of drug-likeness (QED) is 0.579. The number of methoxy groups -OCH3 is 1. The second-order valence-electron chi connectivity index (χ2n) is 8.85. The molecule has 2 N–H and O–H groups in total. The molecule has 1 amide bonds. The average molecular weight is 473 g/mol. The first-order valence-electron chi connectivity index (χ1n) is 11.8. The largest absolute Gasteiger partial charge is 0.503 e. The first-order valence-corrected chi connectivity index (χ1v) is 11.8. The summed E-state index contributed by atoms with van der Waals surface area (Å²) in [5.41, 5.74) is 0.789. The van der Waals surface area contributed by atoms with Crippen LogP contribution < -0.4 is 10.1 Å². The van der Waals surface area contributed by atoms with Gasteiger partial charge in [-0.3, -0.25) is 4.79 Å². The topological polar surface area (TPSA) is 97.8 Å². The summed E-state index contributed by atoms with van der Waals surface area (Å²) in [7, 11) is 1.38. The number of ether oxygens (including phenoxy) is 2. The van der Waals surface area contributed by atoms with Gasteiger partial charge in [0.25, 0.3) is 5.91 Å². The lowest BCUT2D eigenvalue weighted by molar-refractivity contribution is -0.153. The van der Waals surface area contributed by atoms with E-state index < -0.39 is 17.9 Å². The minimum Gasteiger partial charge on any atom is -0.503 e. The monoisotopic (exact) mass is 472 g/mol. The van der Waals surface area contributed by atoms with Crippen LogP contribution >= 0.6 is 0 Å². The number of esters is 1. The van der Waals surface area contributed by atoms with Crippen LogP contribution in [-0.2, 0) is 16.0 Å². The molecule has 7 nitrogen and oxygen atoms in total. The van der Waals surface area contributed by atoms with E-state index >= 15 is 0 Å². The molecule has 0 radical (unpaired) electrons. The van der Waals surface area contributed by atoms with E-state index in [2.05, 4.69) is 17.2 Å². The van der Waals surface area contributed by atoms with Gasteiger partial charge < -0.3 is 19.9 Å². The van der Waals surface area contributed by atoms with Gasteiger partial charge in [0.1, 0.15) is 18.0 Å². The molecule has 4 unspecified atom stereocenters. The number of amides is 1. The van der Waals surface area contributed by atoms with Gasteiger partial charge in [0.15, 0.2) is 17.2 Å². The zero-order valence-electron chi connectivity index (χ0n) is 19.9. The summed E-state index contributed by atoms with van der Waals surface area (Å²) in [6, 6.07) is 7.03. The van der Waals surface area contributed by atoms with E-state index in [1.165, 1.54) is 31.5 Å². The van der Waals surface area contributed by atoms with Crippen molar-refractivity contribution in [2.45, 2.75) is 64.5 Å². The Labute approximate surface area is 199 Å². The first kappa shape index (κ1) is 25.5. The van der Waals surface area contributed by atoms with Crippen LogP contribution in [0.25, 0.3) is 0 Å². The molecule has 3 rings (SSSR count). The highest BCUT2D eigenvalue weighted by Gasteiger charge is 2.34. The van der Waals surface area contributed by atoms with Crippen molar-refractivity contribution >= 4 is 11.9 Å². The third-order valence-corrected chi connectivity index (χ3v) is 6.53.